The average Bonchev–Trinajstić information content (AvgIpc) is 2.57. The Morgan fingerprint density at radius 3 is 2.69 bits per heavy atom. The Kier molecular flexibility index (Phi) is 4.74. The Hall–Kier alpha value is -0.610. The molecule has 1 saturated heterocycles. The van der Waals surface area contributed by atoms with Gasteiger partial charge in [-0.15, -0.1) is 0 Å². The molecule has 0 aliphatic carbocycles. The first-order chi connectivity index (χ1) is 7.38. The molecule has 2 atom stereocenters. The van der Waals surface area contributed by atoms with E-state index in [9.17, 15) is 4.79 Å². The Bertz CT molecular complexity index is 235. The van der Waals surface area contributed by atoms with Crippen molar-refractivity contribution in [1.29, 1.82) is 0 Å². The number of ether oxygens (including phenoxy) is 2. The molecule has 0 bridgehead atoms. The Labute approximate surface area is 97.7 Å². The molecule has 1 N–H and O–H groups in total. The smallest absolute Gasteiger partial charge is 0.246 e. The minimum Gasteiger partial charge on any atom is -0.378 e. The van der Waals surface area contributed by atoms with Crippen molar-refractivity contribution >= 4 is 5.91 Å². The van der Waals surface area contributed by atoms with Gasteiger partial charge in [-0.25, -0.2) is 0 Å². The van der Waals surface area contributed by atoms with E-state index in [0.717, 1.165) is 13.0 Å². The van der Waals surface area contributed by atoms with Crippen LogP contribution in [0.4, 0.5) is 0 Å². The van der Waals surface area contributed by atoms with E-state index in [2.05, 4.69) is 12.2 Å². The average molecular weight is 229 g/mol. The highest BCUT2D eigenvalue weighted by Crippen LogP contribution is 2.19. The second-order valence-corrected chi connectivity index (χ2v) is 5.33. The second kappa shape index (κ2) is 5.64. The van der Waals surface area contributed by atoms with Crippen LogP contribution in [0.5, 0.6) is 0 Å². The van der Waals surface area contributed by atoms with Gasteiger partial charge in [0.05, 0.1) is 11.7 Å². The summed E-state index contributed by atoms with van der Waals surface area (Å²) in [6.07, 6.45) is 1.28. The van der Waals surface area contributed by atoms with Crippen LogP contribution in [0.1, 0.15) is 34.1 Å². The first-order valence-electron chi connectivity index (χ1n) is 5.91. The van der Waals surface area contributed by atoms with Crippen molar-refractivity contribution < 1.29 is 14.3 Å². The van der Waals surface area contributed by atoms with E-state index < -0.39 is 0 Å². The zero-order valence-electron chi connectivity index (χ0n) is 10.7. The van der Waals surface area contributed by atoms with Crippen LogP contribution in [-0.4, -0.2) is 37.4 Å². The molecule has 0 aromatic rings. The molecule has 1 aliphatic rings. The maximum atomic E-state index is 11.5. The van der Waals surface area contributed by atoms with Crippen LogP contribution in [-0.2, 0) is 14.3 Å². The van der Waals surface area contributed by atoms with Gasteiger partial charge >= 0.3 is 0 Å². The lowest BCUT2D eigenvalue weighted by Crippen LogP contribution is -2.36. The Balaban J connectivity index is 2.15. The van der Waals surface area contributed by atoms with Crippen molar-refractivity contribution in [2.75, 3.05) is 19.8 Å². The van der Waals surface area contributed by atoms with Gasteiger partial charge in [0.2, 0.25) is 5.91 Å². The standard InChI is InChI=1S/C12H23NO3/c1-9-10(5-6-15-9)7-13-11(14)8-16-12(2,3)4/h9-10H,5-8H2,1-4H3,(H,13,14). The van der Waals surface area contributed by atoms with E-state index in [1.807, 2.05) is 20.8 Å². The van der Waals surface area contributed by atoms with Crippen LogP contribution < -0.4 is 5.32 Å². The monoisotopic (exact) mass is 229 g/mol. The van der Waals surface area contributed by atoms with Crippen LogP contribution in [0, 0.1) is 5.92 Å². The highest BCUT2D eigenvalue weighted by atomic mass is 16.5. The van der Waals surface area contributed by atoms with E-state index in [1.165, 1.54) is 0 Å². The number of carbonyl (C=O) groups excluding carboxylic acids is 1. The van der Waals surface area contributed by atoms with Gasteiger partial charge in [0.25, 0.3) is 0 Å². The molecule has 94 valence electrons. The molecule has 1 heterocycles. The first kappa shape index (κ1) is 13.5. The van der Waals surface area contributed by atoms with Crippen LogP contribution in [0.15, 0.2) is 0 Å². The molecule has 0 aromatic heterocycles. The largest absolute Gasteiger partial charge is 0.378 e. The summed E-state index contributed by atoms with van der Waals surface area (Å²) in [4.78, 5) is 11.5. The van der Waals surface area contributed by atoms with Crippen LogP contribution in [0.3, 0.4) is 0 Å². The van der Waals surface area contributed by atoms with Crippen molar-refractivity contribution in [3.8, 4) is 0 Å². The van der Waals surface area contributed by atoms with Crippen LogP contribution in [0.25, 0.3) is 0 Å². The molecule has 16 heavy (non-hydrogen) atoms. The maximum Gasteiger partial charge on any atom is 0.246 e. The molecule has 0 saturated carbocycles. The van der Waals surface area contributed by atoms with E-state index >= 15 is 0 Å². The number of hydrogen-bond donors (Lipinski definition) is 1. The maximum absolute atomic E-state index is 11.5. The van der Waals surface area contributed by atoms with Crippen molar-refractivity contribution in [2.24, 2.45) is 5.92 Å². The molecule has 0 radical (unpaired) electrons. The van der Waals surface area contributed by atoms with Crippen LogP contribution >= 0.6 is 0 Å². The molecular weight excluding hydrogens is 206 g/mol. The molecule has 1 amide bonds. The third-order valence-corrected chi connectivity index (χ3v) is 2.73. The van der Waals surface area contributed by atoms with Gasteiger partial charge in [0.15, 0.2) is 0 Å². The summed E-state index contributed by atoms with van der Waals surface area (Å²) in [6.45, 7) is 9.49. The predicted molar refractivity (Wildman–Crippen MR) is 62.2 cm³/mol. The Morgan fingerprint density at radius 2 is 2.19 bits per heavy atom. The fourth-order valence-electron chi connectivity index (χ4n) is 1.62. The van der Waals surface area contributed by atoms with E-state index in [4.69, 9.17) is 9.47 Å². The van der Waals surface area contributed by atoms with Crippen LogP contribution in [0.2, 0.25) is 0 Å². The van der Waals surface area contributed by atoms with E-state index in [1.54, 1.807) is 0 Å². The molecule has 2 unspecified atom stereocenters. The first-order valence-corrected chi connectivity index (χ1v) is 5.91. The lowest BCUT2D eigenvalue weighted by Gasteiger charge is -2.20. The van der Waals surface area contributed by atoms with Gasteiger partial charge in [-0.3, -0.25) is 4.79 Å². The van der Waals surface area contributed by atoms with Gasteiger partial charge in [-0.05, 0) is 34.1 Å². The highest BCUT2D eigenvalue weighted by molar-refractivity contribution is 5.77. The number of hydrogen-bond acceptors (Lipinski definition) is 3. The zero-order chi connectivity index (χ0) is 12.2. The van der Waals surface area contributed by atoms with Gasteiger partial charge in [-0.1, -0.05) is 0 Å². The van der Waals surface area contributed by atoms with Crippen molar-refractivity contribution in [1.82, 2.24) is 5.32 Å². The summed E-state index contributed by atoms with van der Waals surface area (Å²) in [5.41, 5.74) is -0.263. The predicted octanol–water partition coefficient (Wildman–Crippen LogP) is 1.34. The minimum absolute atomic E-state index is 0.0472. The van der Waals surface area contributed by atoms with Gasteiger partial charge in [-0.2, -0.15) is 0 Å². The fourth-order valence-corrected chi connectivity index (χ4v) is 1.62. The molecule has 4 heteroatoms. The number of carbonyl (C=O) groups is 1. The fraction of sp³-hybridized carbons (Fsp3) is 0.917. The van der Waals surface area contributed by atoms with Crippen molar-refractivity contribution in [3.63, 3.8) is 0 Å². The number of amides is 1. The molecule has 1 fully saturated rings. The molecule has 0 aromatic carbocycles. The number of nitrogens with one attached hydrogen (secondary N) is 1. The van der Waals surface area contributed by atoms with Gasteiger partial charge < -0.3 is 14.8 Å². The Morgan fingerprint density at radius 1 is 1.50 bits per heavy atom. The van der Waals surface area contributed by atoms with Gasteiger partial charge in [0, 0.05) is 19.1 Å². The number of rotatable bonds is 4. The van der Waals surface area contributed by atoms with E-state index in [0.29, 0.717) is 12.5 Å². The zero-order valence-corrected chi connectivity index (χ0v) is 10.7. The summed E-state index contributed by atoms with van der Waals surface area (Å²) in [7, 11) is 0. The van der Waals surface area contributed by atoms with Gasteiger partial charge in [0.1, 0.15) is 6.61 Å². The lowest BCUT2D eigenvalue weighted by atomic mass is 10.0. The highest BCUT2D eigenvalue weighted by Gasteiger charge is 2.24. The summed E-state index contributed by atoms with van der Waals surface area (Å²) in [6, 6.07) is 0. The third-order valence-electron chi connectivity index (χ3n) is 2.73. The van der Waals surface area contributed by atoms with E-state index in [-0.39, 0.29) is 24.2 Å². The normalized spacial score (nSPS) is 25.8. The molecule has 1 aliphatic heterocycles. The van der Waals surface area contributed by atoms with Crippen molar-refractivity contribution in [2.45, 2.75) is 45.8 Å². The lowest BCUT2D eigenvalue weighted by molar-refractivity contribution is -0.130. The minimum atomic E-state index is -0.263. The quantitative estimate of drug-likeness (QED) is 0.791. The summed E-state index contributed by atoms with van der Waals surface area (Å²) < 4.78 is 10.8. The molecule has 4 nitrogen and oxygen atoms in total. The summed E-state index contributed by atoms with van der Waals surface area (Å²) in [5, 5.41) is 2.88. The second-order valence-electron chi connectivity index (χ2n) is 5.33. The van der Waals surface area contributed by atoms with Crippen molar-refractivity contribution in [3.05, 3.63) is 0 Å². The SMILES string of the molecule is CC1OCCC1CNC(=O)COC(C)(C)C. The summed E-state index contributed by atoms with van der Waals surface area (Å²) in [5.74, 6) is 0.396. The molecule has 0 spiro atoms. The molecular formula is C12H23NO3. The third kappa shape index (κ3) is 4.94. The molecule has 1 rings (SSSR count). The topological polar surface area (TPSA) is 47.6 Å². The summed E-state index contributed by atoms with van der Waals surface area (Å²) >= 11 is 0.